The second-order valence-electron chi connectivity index (χ2n) is 6.02. The zero-order valence-corrected chi connectivity index (χ0v) is 13.4. The van der Waals surface area contributed by atoms with Gasteiger partial charge in [0.2, 0.25) is 0 Å². The quantitative estimate of drug-likeness (QED) is 0.686. The van der Waals surface area contributed by atoms with Crippen molar-refractivity contribution in [2.45, 2.75) is 18.9 Å². The number of pyridine rings is 1. The number of nitrogens with zero attached hydrogens (tertiary/aromatic N) is 3. The zero-order valence-electron chi connectivity index (χ0n) is 13.4. The maximum atomic E-state index is 4.60. The molecule has 4 rings (SSSR count). The van der Waals surface area contributed by atoms with E-state index >= 15 is 0 Å². The molecule has 1 aliphatic heterocycles. The van der Waals surface area contributed by atoms with E-state index in [1.165, 1.54) is 6.42 Å². The number of benzene rings is 1. The van der Waals surface area contributed by atoms with Crippen LogP contribution in [0.2, 0.25) is 0 Å². The molecule has 1 saturated heterocycles. The standard InChI is InChI=1S/C18H20N6/c1-2-6-16-13(4-1)8-15(10-21-16)23-18-12-20-11-17(24-18)22-14-5-3-7-19-9-14/h1-2,4,6,8,10-12,14,19H,3,5,7,9H2,(H2,22,23,24)/t14-/m0/s1. The van der Waals surface area contributed by atoms with Crippen LogP contribution in [0.25, 0.3) is 10.9 Å². The first-order valence-electron chi connectivity index (χ1n) is 8.28. The minimum atomic E-state index is 0.408. The first-order valence-corrected chi connectivity index (χ1v) is 8.28. The van der Waals surface area contributed by atoms with Gasteiger partial charge in [0.15, 0.2) is 5.82 Å². The molecule has 0 amide bonds. The molecule has 1 fully saturated rings. The Labute approximate surface area is 140 Å². The van der Waals surface area contributed by atoms with Crippen LogP contribution in [0.3, 0.4) is 0 Å². The lowest BCUT2D eigenvalue weighted by Gasteiger charge is -2.24. The normalized spacial score (nSPS) is 17.6. The van der Waals surface area contributed by atoms with Crippen molar-refractivity contribution in [3.8, 4) is 0 Å². The number of hydrogen-bond acceptors (Lipinski definition) is 6. The topological polar surface area (TPSA) is 74.8 Å². The Morgan fingerprint density at radius 1 is 1.08 bits per heavy atom. The summed E-state index contributed by atoms with van der Waals surface area (Å²) in [4.78, 5) is 13.3. The van der Waals surface area contributed by atoms with Crippen molar-refractivity contribution in [3.63, 3.8) is 0 Å². The lowest BCUT2D eigenvalue weighted by Crippen LogP contribution is -2.38. The summed E-state index contributed by atoms with van der Waals surface area (Å²) >= 11 is 0. The number of piperidine rings is 1. The van der Waals surface area contributed by atoms with E-state index in [2.05, 4.69) is 37.0 Å². The number of rotatable bonds is 4. The number of para-hydroxylation sites is 1. The largest absolute Gasteiger partial charge is 0.365 e. The van der Waals surface area contributed by atoms with E-state index in [1.54, 1.807) is 12.4 Å². The van der Waals surface area contributed by atoms with Gasteiger partial charge in [0, 0.05) is 18.0 Å². The lowest BCUT2D eigenvalue weighted by atomic mass is 10.1. The fourth-order valence-electron chi connectivity index (χ4n) is 2.97. The highest BCUT2D eigenvalue weighted by atomic mass is 15.1. The Morgan fingerprint density at radius 2 is 2.00 bits per heavy atom. The van der Waals surface area contributed by atoms with E-state index in [1.807, 2.05) is 30.5 Å². The number of aromatic nitrogens is 3. The maximum Gasteiger partial charge on any atom is 0.151 e. The second-order valence-corrected chi connectivity index (χ2v) is 6.02. The molecule has 0 aliphatic carbocycles. The van der Waals surface area contributed by atoms with Gasteiger partial charge in [-0.3, -0.25) is 9.97 Å². The van der Waals surface area contributed by atoms with Crippen LogP contribution in [0.5, 0.6) is 0 Å². The summed E-state index contributed by atoms with van der Waals surface area (Å²) in [6.07, 6.45) is 7.64. The molecule has 1 aliphatic rings. The van der Waals surface area contributed by atoms with Gasteiger partial charge in [0.05, 0.1) is 29.8 Å². The van der Waals surface area contributed by atoms with Crippen molar-refractivity contribution < 1.29 is 0 Å². The number of fused-ring (bicyclic) bond motifs is 1. The molecule has 1 atom stereocenters. The average Bonchev–Trinajstić information content (AvgIpc) is 2.63. The third-order valence-electron chi connectivity index (χ3n) is 4.15. The van der Waals surface area contributed by atoms with E-state index < -0.39 is 0 Å². The fraction of sp³-hybridized carbons (Fsp3) is 0.278. The highest BCUT2D eigenvalue weighted by Gasteiger charge is 2.13. The molecule has 0 radical (unpaired) electrons. The molecular weight excluding hydrogens is 300 g/mol. The van der Waals surface area contributed by atoms with E-state index in [0.29, 0.717) is 11.9 Å². The number of nitrogens with one attached hydrogen (secondary N) is 3. The SMILES string of the molecule is c1ccc2ncc(Nc3cncc(N[C@H]4CCCNC4)n3)cc2c1. The monoisotopic (exact) mass is 320 g/mol. The molecule has 0 bridgehead atoms. The highest BCUT2D eigenvalue weighted by Crippen LogP contribution is 2.20. The second kappa shape index (κ2) is 6.80. The van der Waals surface area contributed by atoms with Gasteiger partial charge in [-0.1, -0.05) is 18.2 Å². The molecule has 24 heavy (non-hydrogen) atoms. The molecule has 122 valence electrons. The highest BCUT2D eigenvalue weighted by molar-refractivity contribution is 5.82. The Balaban J connectivity index is 1.50. The molecule has 3 N–H and O–H groups in total. The van der Waals surface area contributed by atoms with Crippen molar-refractivity contribution in [3.05, 3.63) is 48.9 Å². The van der Waals surface area contributed by atoms with Crippen molar-refractivity contribution in [1.29, 1.82) is 0 Å². The molecule has 0 unspecified atom stereocenters. The molecule has 1 aromatic carbocycles. The van der Waals surface area contributed by atoms with Crippen molar-refractivity contribution in [1.82, 2.24) is 20.3 Å². The van der Waals surface area contributed by atoms with Gasteiger partial charge in [0.1, 0.15) is 5.82 Å². The minimum absolute atomic E-state index is 0.408. The summed E-state index contributed by atoms with van der Waals surface area (Å²) < 4.78 is 0. The Kier molecular flexibility index (Phi) is 4.20. The Hall–Kier alpha value is -2.73. The average molecular weight is 320 g/mol. The first kappa shape index (κ1) is 14.8. The summed E-state index contributed by atoms with van der Waals surface area (Å²) in [6.45, 7) is 2.06. The van der Waals surface area contributed by atoms with Gasteiger partial charge in [-0.2, -0.15) is 0 Å². The van der Waals surface area contributed by atoms with Gasteiger partial charge in [-0.05, 0) is 31.5 Å². The lowest BCUT2D eigenvalue weighted by molar-refractivity contribution is 0.479. The van der Waals surface area contributed by atoms with E-state index in [4.69, 9.17) is 0 Å². The number of anilines is 3. The smallest absolute Gasteiger partial charge is 0.151 e. The van der Waals surface area contributed by atoms with Gasteiger partial charge < -0.3 is 16.0 Å². The molecule has 2 aromatic heterocycles. The predicted octanol–water partition coefficient (Wildman–Crippen LogP) is 2.93. The van der Waals surface area contributed by atoms with Crippen molar-refractivity contribution >= 4 is 28.2 Å². The maximum absolute atomic E-state index is 4.60. The molecule has 6 nitrogen and oxygen atoms in total. The zero-order chi connectivity index (χ0) is 16.2. The van der Waals surface area contributed by atoms with Gasteiger partial charge in [0.25, 0.3) is 0 Å². The molecule has 3 heterocycles. The van der Waals surface area contributed by atoms with E-state index in [-0.39, 0.29) is 0 Å². The van der Waals surface area contributed by atoms with Crippen LogP contribution in [0.4, 0.5) is 17.3 Å². The number of hydrogen-bond donors (Lipinski definition) is 3. The third-order valence-corrected chi connectivity index (χ3v) is 4.15. The van der Waals surface area contributed by atoms with Crippen LogP contribution in [0.15, 0.2) is 48.9 Å². The third kappa shape index (κ3) is 3.44. The summed E-state index contributed by atoms with van der Waals surface area (Å²) in [6, 6.07) is 10.5. The summed E-state index contributed by atoms with van der Waals surface area (Å²) in [5.74, 6) is 1.50. The van der Waals surface area contributed by atoms with Crippen LogP contribution in [0.1, 0.15) is 12.8 Å². The van der Waals surface area contributed by atoms with Crippen LogP contribution in [0, 0.1) is 0 Å². The van der Waals surface area contributed by atoms with E-state index in [9.17, 15) is 0 Å². The summed E-state index contributed by atoms with van der Waals surface area (Å²) in [5, 5.41) is 11.2. The molecule has 3 aromatic rings. The van der Waals surface area contributed by atoms with Crippen molar-refractivity contribution in [2.75, 3.05) is 23.7 Å². The molecule has 0 saturated carbocycles. The summed E-state index contributed by atoms with van der Waals surface area (Å²) in [7, 11) is 0. The molecular formula is C18H20N6. The molecule has 6 heteroatoms. The minimum Gasteiger partial charge on any atom is -0.365 e. The van der Waals surface area contributed by atoms with Crippen LogP contribution in [-0.4, -0.2) is 34.1 Å². The van der Waals surface area contributed by atoms with Gasteiger partial charge in [-0.15, -0.1) is 0 Å². The fourth-order valence-corrected chi connectivity index (χ4v) is 2.97. The Bertz CT molecular complexity index is 828. The molecule has 0 spiro atoms. The van der Waals surface area contributed by atoms with Crippen LogP contribution < -0.4 is 16.0 Å². The van der Waals surface area contributed by atoms with E-state index in [0.717, 1.165) is 41.9 Å². The van der Waals surface area contributed by atoms with Crippen LogP contribution >= 0.6 is 0 Å². The van der Waals surface area contributed by atoms with Gasteiger partial charge >= 0.3 is 0 Å². The summed E-state index contributed by atoms with van der Waals surface area (Å²) in [5.41, 5.74) is 1.88. The van der Waals surface area contributed by atoms with Crippen molar-refractivity contribution in [2.24, 2.45) is 0 Å². The van der Waals surface area contributed by atoms with Crippen LogP contribution in [-0.2, 0) is 0 Å². The first-order chi connectivity index (χ1) is 11.9. The predicted molar refractivity (Wildman–Crippen MR) is 96.6 cm³/mol. The van der Waals surface area contributed by atoms with Gasteiger partial charge in [-0.25, -0.2) is 4.98 Å². The Morgan fingerprint density at radius 3 is 2.92 bits per heavy atom.